The van der Waals surface area contributed by atoms with Crippen LogP contribution in [0.3, 0.4) is 0 Å². The van der Waals surface area contributed by atoms with Crippen molar-refractivity contribution in [2.24, 2.45) is 0 Å². The maximum absolute atomic E-state index is 10.9. The van der Waals surface area contributed by atoms with E-state index < -0.39 is 0 Å². The molecule has 0 bridgehead atoms. The molecule has 2 aromatic rings. The molecule has 1 aliphatic heterocycles. The molecule has 1 atom stereocenters. The Kier molecular flexibility index (Phi) is 3.93. The first kappa shape index (κ1) is 15.5. The molecule has 24 heavy (non-hydrogen) atoms. The summed E-state index contributed by atoms with van der Waals surface area (Å²) in [6, 6.07) is 10.8. The quantitative estimate of drug-likeness (QED) is 0.782. The summed E-state index contributed by atoms with van der Waals surface area (Å²) in [5.41, 5.74) is 7.90. The Hall–Kier alpha value is -2.07. The van der Waals surface area contributed by atoms with Crippen molar-refractivity contribution >= 4 is 28.9 Å². The highest BCUT2D eigenvalue weighted by Crippen LogP contribution is 2.52. The molecule has 3 nitrogen and oxygen atoms in total. The van der Waals surface area contributed by atoms with Gasteiger partial charge in [0.25, 0.3) is 0 Å². The second kappa shape index (κ2) is 6.10. The van der Waals surface area contributed by atoms with Gasteiger partial charge in [-0.15, -0.1) is 11.8 Å². The van der Waals surface area contributed by atoms with Crippen LogP contribution in [0.25, 0.3) is 11.1 Å². The first-order chi connectivity index (χ1) is 11.6. The summed E-state index contributed by atoms with van der Waals surface area (Å²) in [7, 11) is 0. The van der Waals surface area contributed by atoms with Gasteiger partial charge in [0.2, 0.25) is 0 Å². The fraction of sp³-hybridized carbons (Fsp3) is 0.300. The monoisotopic (exact) mass is 337 g/mol. The third-order valence-electron chi connectivity index (χ3n) is 4.76. The van der Waals surface area contributed by atoms with E-state index in [0.29, 0.717) is 12.5 Å². The highest BCUT2D eigenvalue weighted by Gasteiger charge is 2.33. The standard InChI is InChI=1S/C20H19NO2S/c1-12-15-6-5-14(7-9-23-13(2)22)10-16(15)17-11-24-18-4-3-8-21-20(18)19(12)17/h3-6,8,10,12H,7,9,11H2,1-2H3. The molecule has 2 aliphatic rings. The van der Waals surface area contributed by atoms with Crippen molar-refractivity contribution in [3.8, 4) is 0 Å². The number of esters is 1. The molecule has 0 N–H and O–H groups in total. The minimum atomic E-state index is -0.221. The number of thioether (sulfide) groups is 1. The van der Waals surface area contributed by atoms with Gasteiger partial charge < -0.3 is 4.74 Å². The van der Waals surface area contributed by atoms with E-state index in [0.717, 1.165) is 17.9 Å². The molecule has 2 heterocycles. The number of benzene rings is 1. The van der Waals surface area contributed by atoms with E-state index in [1.54, 1.807) is 0 Å². The highest BCUT2D eigenvalue weighted by atomic mass is 32.2. The van der Waals surface area contributed by atoms with Crippen molar-refractivity contribution < 1.29 is 9.53 Å². The third kappa shape index (κ3) is 2.55. The van der Waals surface area contributed by atoms with Crippen LogP contribution in [0, 0.1) is 0 Å². The second-order valence-corrected chi connectivity index (χ2v) is 7.28. The van der Waals surface area contributed by atoms with Crippen LogP contribution < -0.4 is 0 Å². The average molecular weight is 337 g/mol. The molecule has 0 saturated carbocycles. The van der Waals surface area contributed by atoms with E-state index in [-0.39, 0.29) is 5.97 Å². The summed E-state index contributed by atoms with van der Waals surface area (Å²) in [6.07, 6.45) is 2.64. The number of hydrogen-bond donors (Lipinski definition) is 0. The molecular weight excluding hydrogens is 318 g/mol. The number of fused-ring (bicyclic) bond motifs is 4. The Balaban J connectivity index is 1.69. The average Bonchev–Trinajstić information content (AvgIpc) is 2.87. The molecule has 0 spiro atoms. The van der Waals surface area contributed by atoms with E-state index >= 15 is 0 Å². The van der Waals surface area contributed by atoms with Gasteiger partial charge in [-0.1, -0.05) is 25.1 Å². The molecule has 4 rings (SSSR count). The van der Waals surface area contributed by atoms with E-state index in [2.05, 4.69) is 36.2 Å². The van der Waals surface area contributed by atoms with Crippen LogP contribution in [0.1, 0.15) is 42.1 Å². The Morgan fingerprint density at radius 1 is 1.38 bits per heavy atom. The Bertz CT molecular complexity index is 856. The molecule has 0 saturated heterocycles. The minimum Gasteiger partial charge on any atom is -0.466 e. The molecule has 1 aromatic carbocycles. The van der Waals surface area contributed by atoms with Crippen LogP contribution in [0.5, 0.6) is 0 Å². The summed E-state index contributed by atoms with van der Waals surface area (Å²) >= 11 is 1.87. The Labute approximate surface area is 146 Å². The second-order valence-electron chi connectivity index (χ2n) is 6.26. The fourth-order valence-electron chi connectivity index (χ4n) is 3.64. The largest absolute Gasteiger partial charge is 0.466 e. The van der Waals surface area contributed by atoms with Crippen molar-refractivity contribution in [1.82, 2.24) is 4.98 Å². The number of allylic oxidation sites excluding steroid dienone is 1. The van der Waals surface area contributed by atoms with Crippen molar-refractivity contribution in [2.45, 2.75) is 31.1 Å². The molecular formula is C20H19NO2S. The van der Waals surface area contributed by atoms with Gasteiger partial charge in [0.15, 0.2) is 0 Å². The number of nitrogens with zero attached hydrogens (tertiary/aromatic N) is 1. The van der Waals surface area contributed by atoms with E-state index in [1.165, 1.54) is 39.7 Å². The third-order valence-corrected chi connectivity index (χ3v) is 5.83. The van der Waals surface area contributed by atoms with Gasteiger partial charge in [-0.2, -0.15) is 0 Å². The lowest BCUT2D eigenvalue weighted by molar-refractivity contribution is -0.140. The van der Waals surface area contributed by atoms with Gasteiger partial charge in [-0.25, -0.2) is 0 Å². The molecule has 1 unspecified atom stereocenters. The van der Waals surface area contributed by atoms with Gasteiger partial charge in [0.05, 0.1) is 12.3 Å². The number of rotatable bonds is 3. The summed E-state index contributed by atoms with van der Waals surface area (Å²) in [5.74, 6) is 1.16. The number of ether oxygens (including phenoxy) is 1. The molecule has 0 radical (unpaired) electrons. The molecule has 1 aromatic heterocycles. The van der Waals surface area contributed by atoms with Crippen LogP contribution in [-0.2, 0) is 16.0 Å². The van der Waals surface area contributed by atoms with E-state index in [4.69, 9.17) is 4.74 Å². The number of carbonyl (C=O) groups excluding carboxylic acids is 1. The maximum atomic E-state index is 10.9. The number of hydrogen-bond acceptors (Lipinski definition) is 4. The van der Waals surface area contributed by atoms with Crippen molar-refractivity contribution in [3.63, 3.8) is 0 Å². The number of pyridine rings is 1. The predicted molar refractivity (Wildman–Crippen MR) is 97.0 cm³/mol. The molecule has 0 amide bonds. The first-order valence-electron chi connectivity index (χ1n) is 8.23. The highest BCUT2D eigenvalue weighted by molar-refractivity contribution is 7.99. The lowest BCUT2D eigenvalue weighted by Gasteiger charge is -2.19. The summed E-state index contributed by atoms with van der Waals surface area (Å²) in [5, 5.41) is 0. The topological polar surface area (TPSA) is 39.2 Å². The van der Waals surface area contributed by atoms with Crippen LogP contribution in [-0.4, -0.2) is 23.3 Å². The normalized spacial score (nSPS) is 18.0. The van der Waals surface area contributed by atoms with E-state index in [1.807, 2.05) is 24.0 Å². The fourth-order valence-corrected chi connectivity index (χ4v) is 4.72. The van der Waals surface area contributed by atoms with Crippen LogP contribution in [0.4, 0.5) is 0 Å². The van der Waals surface area contributed by atoms with E-state index in [9.17, 15) is 4.79 Å². The Morgan fingerprint density at radius 3 is 3.08 bits per heavy atom. The lowest BCUT2D eigenvalue weighted by Crippen LogP contribution is -2.04. The van der Waals surface area contributed by atoms with Crippen molar-refractivity contribution in [1.29, 1.82) is 0 Å². The Morgan fingerprint density at radius 2 is 2.25 bits per heavy atom. The summed E-state index contributed by atoms with van der Waals surface area (Å²) < 4.78 is 5.07. The summed E-state index contributed by atoms with van der Waals surface area (Å²) in [6.45, 7) is 4.16. The lowest BCUT2D eigenvalue weighted by atomic mass is 9.94. The van der Waals surface area contributed by atoms with Crippen LogP contribution in [0.2, 0.25) is 0 Å². The predicted octanol–water partition coefficient (Wildman–Crippen LogP) is 4.32. The molecule has 4 heteroatoms. The smallest absolute Gasteiger partial charge is 0.302 e. The van der Waals surface area contributed by atoms with Gasteiger partial charge in [0, 0.05) is 36.1 Å². The molecule has 122 valence electrons. The number of carbonyl (C=O) groups is 1. The van der Waals surface area contributed by atoms with Gasteiger partial charge in [-0.05, 0) is 40.0 Å². The van der Waals surface area contributed by atoms with Crippen LogP contribution in [0.15, 0.2) is 41.4 Å². The van der Waals surface area contributed by atoms with Crippen molar-refractivity contribution in [3.05, 3.63) is 58.9 Å². The van der Waals surface area contributed by atoms with Crippen LogP contribution >= 0.6 is 11.8 Å². The van der Waals surface area contributed by atoms with Gasteiger partial charge >= 0.3 is 5.97 Å². The summed E-state index contributed by atoms with van der Waals surface area (Å²) in [4.78, 5) is 16.9. The molecule has 0 fully saturated rings. The maximum Gasteiger partial charge on any atom is 0.302 e. The zero-order valence-corrected chi connectivity index (χ0v) is 14.7. The number of aromatic nitrogens is 1. The zero-order chi connectivity index (χ0) is 16.7. The SMILES string of the molecule is CC(=O)OCCc1ccc2c(c1)C1=C(c3ncccc3SC1)C2C. The van der Waals surface area contributed by atoms with Gasteiger partial charge in [-0.3, -0.25) is 9.78 Å². The minimum absolute atomic E-state index is 0.221. The van der Waals surface area contributed by atoms with Gasteiger partial charge in [0.1, 0.15) is 0 Å². The van der Waals surface area contributed by atoms with Crippen molar-refractivity contribution in [2.75, 3.05) is 12.4 Å². The molecule has 1 aliphatic carbocycles. The zero-order valence-electron chi connectivity index (χ0n) is 13.8. The first-order valence-corrected chi connectivity index (χ1v) is 9.21.